The SMILES string of the molecule is CCCCCCC(NCCC)C(C)CCOC. The van der Waals surface area contributed by atoms with Crippen molar-refractivity contribution in [1.82, 2.24) is 5.32 Å². The number of unbranched alkanes of at least 4 members (excludes halogenated alkanes) is 3. The van der Waals surface area contributed by atoms with Gasteiger partial charge in [-0.3, -0.25) is 0 Å². The van der Waals surface area contributed by atoms with E-state index < -0.39 is 0 Å². The lowest BCUT2D eigenvalue weighted by atomic mass is 9.93. The summed E-state index contributed by atoms with van der Waals surface area (Å²) in [7, 11) is 1.79. The number of ether oxygens (including phenoxy) is 1. The second-order valence-electron chi connectivity index (χ2n) is 5.17. The largest absolute Gasteiger partial charge is 0.385 e. The monoisotopic (exact) mass is 243 g/mol. The van der Waals surface area contributed by atoms with Gasteiger partial charge in [0.1, 0.15) is 0 Å². The van der Waals surface area contributed by atoms with Crippen LogP contribution in [0.25, 0.3) is 0 Å². The van der Waals surface area contributed by atoms with Crippen LogP contribution in [0.4, 0.5) is 0 Å². The topological polar surface area (TPSA) is 21.3 Å². The van der Waals surface area contributed by atoms with Crippen LogP contribution >= 0.6 is 0 Å². The van der Waals surface area contributed by atoms with Gasteiger partial charge in [-0.05, 0) is 31.7 Å². The standard InChI is InChI=1S/C15H33NO/c1-5-7-8-9-10-15(16-12-6-2)14(3)11-13-17-4/h14-16H,5-13H2,1-4H3. The van der Waals surface area contributed by atoms with Crippen LogP contribution in [0.1, 0.15) is 65.7 Å². The van der Waals surface area contributed by atoms with Crippen LogP contribution in [-0.4, -0.2) is 26.3 Å². The van der Waals surface area contributed by atoms with Crippen molar-refractivity contribution in [2.75, 3.05) is 20.3 Å². The number of rotatable bonds is 12. The van der Waals surface area contributed by atoms with Crippen LogP contribution in [0.2, 0.25) is 0 Å². The molecular formula is C15H33NO. The van der Waals surface area contributed by atoms with Gasteiger partial charge >= 0.3 is 0 Å². The van der Waals surface area contributed by atoms with Gasteiger partial charge in [-0.25, -0.2) is 0 Å². The van der Waals surface area contributed by atoms with Gasteiger partial charge < -0.3 is 10.1 Å². The van der Waals surface area contributed by atoms with Crippen molar-refractivity contribution in [3.63, 3.8) is 0 Å². The van der Waals surface area contributed by atoms with Gasteiger partial charge in [0.05, 0.1) is 0 Å². The molecule has 0 aromatic heterocycles. The molecule has 17 heavy (non-hydrogen) atoms. The van der Waals surface area contributed by atoms with E-state index in [4.69, 9.17) is 4.74 Å². The number of methoxy groups -OCH3 is 1. The molecule has 0 amide bonds. The van der Waals surface area contributed by atoms with Crippen molar-refractivity contribution in [3.8, 4) is 0 Å². The number of nitrogens with one attached hydrogen (secondary N) is 1. The van der Waals surface area contributed by atoms with Gasteiger partial charge in [0, 0.05) is 19.8 Å². The molecule has 0 heterocycles. The average Bonchev–Trinajstić information content (AvgIpc) is 2.35. The van der Waals surface area contributed by atoms with Gasteiger partial charge in [0.15, 0.2) is 0 Å². The van der Waals surface area contributed by atoms with E-state index >= 15 is 0 Å². The molecule has 0 radical (unpaired) electrons. The van der Waals surface area contributed by atoms with Crippen LogP contribution in [0.15, 0.2) is 0 Å². The summed E-state index contributed by atoms with van der Waals surface area (Å²) in [5.74, 6) is 0.725. The highest BCUT2D eigenvalue weighted by Crippen LogP contribution is 2.15. The van der Waals surface area contributed by atoms with E-state index in [1.54, 1.807) is 7.11 Å². The first kappa shape index (κ1) is 16.9. The molecule has 0 spiro atoms. The van der Waals surface area contributed by atoms with E-state index in [1.165, 1.54) is 44.9 Å². The third-order valence-corrected chi connectivity index (χ3v) is 3.49. The van der Waals surface area contributed by atoms with E-state index in [9.17, 15) is 0 Å². The number of hydrogen-bond donors (Lipinski definition) is 1. The molecule has 0 fully saturated rings. The highest BCUT2D eigenvalue weighted by Gasteiger charge is 2.15. The van der Waals surface area contributed by atoms with Gasteiger partial charge in [0.2, 0.25) is 0 Å². The fourth-order valence-electron chi connectivity index (χ4n) is 2.21. The first-order chi connectivity index (χ1) is 8.26. The molecule has 2 heteroatoms. The van der Waals surface area contributed by atoms with Crippen molar-refractivity contribution in [2.24, 2.45) is 5.92 Å². The lowest BCUT2D eigenvalue weighted by molar-refractivity contribution is 0.168. The molecule has 2 nitrogen and oxygen atoms in total. The van der Waals surface area contributed by atoms with Gasteiger partial charge in [-0.2, -0.15) is 0 Å². The Morgan fingerprint density at radius 1 is 1.00 bits per heavy atom. The molecule has 2 atom stereocenters. The van der Waals surface area contributed by atoms with E-state index in [0.717, 1.165) is 19.1 Å². The summed E-state index contributed by atoms with van der Waals surface area (Å²) in [5.41, 5.74) is 0. The predicted octanol–water partition coefficient (Wildman–Crippen LogP) is 4.00. The van der Waals surface area contributed by atoms with E-state index in [2.05, 4.69) is 26.1 Å². The number of hydrogen-bond acceptors (Lipinski definition) is 2. The van der Waals surface area contributed by atoms with E-state index in [-0.39, 0.29) is 0 Å². The Morgan fingerprint density at radius 3 is 2.35 bits per heavy atom. The Kier molecular flexibility index (Phi) is 12.3. The second kappa shape index (κ2) is 12.4. The summed E-state index contributed by atoms with van der Waals surface area (Å²) in [6.07, 6.45) is 9.18. The molecule has 0 aliphatic rings. The molecule has 1 N–H and O–H groups in total. The Labute approximate surface area is 109 Å². The van der Waals surface area contributed by atoms with Crippen LogP contribution < -0.4 is 5.32 Å². The fourth-order valence-corrected chi connectivity index (χ4v) is 2.21. The molecule has 0 aromatic rings. The Morgan fingerprint density at radius 2 is 1.76 bits per heavy atom. The van der Waals surface area contributed by atoms with E-state index in [1.807, 2.05) is 0 Å². The maximum atomic E-state index is 5.18. The maximum absolute atomic E-state index is 5.18. The molecule has 104 valence electrons. The minimum Gasteiger partial charge on any atom is -0.385 e. The molecule has 0 saturated heterocycles. The zero-order chi connectivity index (χ0) is 12.9. The average molecular weight is 243 g/mol. The van der Waals surface area contributed by atoms with Gasteiger partial charge in [-0.1, -0.05) is 46.5 Å². The normalized spacial score (nSPS) is 14.8. The summed E-state index contributed by atoms with van der Waals surface area (Å²) in [6, 6.07) is 0.682. The maximum Gasteiger partial charge on any atom is 0.0465 e. The quantitative estimate of drug-likeness (QED) is 0.523. The van der Waals surface area contributed by atoms with E-state index in [0.29, 0.717) is 6.04 Å². The zero-order valence-electron chi connectivity index (χ0n) is 12.4. The van der Waals surface area contributed by atoms with Crippen LogP contribution in [-0.2, 0) is 4.74 Å². The third kappa shape index (κ3) is 9.61. The van der Waals surface area contributed by atoms with Crippen LogP contribution in [0.3, 0.4) is 0 Å². The molecule has 0 bridgehead atoms. The second-order valence-corrected chi connectivity index (χ2v) is 5.17. The van der Waals surface area contributed by atoms with Crippen molar-refractivity contribution in [2.45, 2.75) is 71.8 Å². The lowest BCUT2D eigenvalue weighted by Crippen LogP contribution is -2.36. The van der Waals surface area contributed by atoms with Gasteiger partial charge in [-0.15, -0.1) is 0 Å². The summed E-state index contributed by atoms with van der Waals surface area (Å²) in [4.78, 5) is 0. The highest BCUT2D eigenvalue weighted by molar-refractivity contribution is 4.73. The van der Waals surface area contributed by atoms with Crippen LogP contribution in [0, 0.1) is 5.92 Å². The van der Waals surface area contributed by atoms with Crippen molar-refractivity contribution >= 4 is 0 Å². The predicted molar refractivity (Wildman–Crippen MR) is 76.5 cm³/mol. The molecular weight excluding hydrogens is 210 g/mol. The van der Waals surface area contributed by atoms with Crippen molar-refractivity contribution < 1.29 is 4.74 Å². The first-order valence-electron chi connectivity index (χ1n) is 7.48. The minimum absolute atomic E-state index is 0.682. The summed E-state index contributed by atoms with van der Waals surface area (Å²) < 4.78 is 5.18. The summed E-state index contributed by atoms with van der Waals surface area (Å²) in [5, 5.41) is 3.70. The lowest BCUT2D eigenvalue weighted by Gasteiger charge is -2.25. The third-order valence-electron chi connectivity index (χ3n) is 3.49. The Hall–Kier alpha value is -0.0800. The molecule has 2 unspecified atom stereocenters. The Balaban J connectivity index is 3.84. The molecule has 0 saturated carbocycles. The zero-order valence-corrected chi connectivity index (χ0v) is 12.4. The molecule has 0 rings (SSSR count). The minimum atomic E-state index is 0.682. The smallest absolute Gasteiger partial charge is 0.0465 e. The van der Waals surface area contributed by atoms with Crippen molar-refractivity contribution in [1.29, 1.82) is 0 Å². The van der Waals surface area contributed by atoms with Crippen LogP contribution in [0.5, 0.6) is 0 Å². The van der Waals surface area contributed by atoms with Crippen molar-refractivity contribution in [3.05, 3.63) is 0 Å². The molecule has 0 aliphatic heterocycles. The Bertz CT molecular complexity index is 150. The summed E-state index contributed by atoms with van der Waals surface area (Å²) in [6.45, 7) is 8.90. The fraction of sp³-hybridized carbons (Fsp3) is 1.00. The van der Waals surface area contributed by atoms with Gasteiger partial charge in [0.25, 0.3) is 0 Å². The first-order valence-corrected chi connectivity index (χ1v) is 7.48. The molecule has 0 aliphatic carbocycles. The molecule has 0 aromatic carbocycles. The summed E-state index contributed by atoms with van der Waals surface area (Å²) >= 11 is 0. The highest BCUT2D eigenvalue weighted by atomic mass is 16.5.